The Kier molecular flexibility index (Phi) is 6.86. The minimum Gasteiger partial charge on any atom is -0.454 e. The molecule has 4 rings (SSSR count). The minimum atomic E-state index is -0.593. The van der Waals surface area contributed by atoms with E-state index in [2.05, 4.69) is 10.6 Å². The lowest BCUT2D eigenvalue weighted by atomic mass is 9.93. The summed E-state index contributed by atoms with van der Waals surface area (Å²) in [4.78, 5) is 40.3. The molecule has 32 heavy (non-hydrogen) atoms. The molecule has 3 atom stereocenters. The summed E-state index contributed by atoms with van der Waals surface area (Å²) < 4.78 is 10.7. The molecule has 1 aliphatic carbocycles. The molecule has 2 N–H and O–H groups in total. The SMILES string of the molecule is CC[C@H](C)[C@H](NC(=O)[C@@H]1CC(=O)N(c2ccc3c(c2)OCO3)C1)C(=O)NC1CCCCC1. The average Bonchev–Trinajstić information content (AvgIpc) is 3.43. The first-order valence-corrected chi connectivity index (χ1v) is 11.8. The Hall–Kier alpha value is -2.77. The van der Waals surface area contributed by atoms with Gasteiger partial charge in [-0.15, -0.1) is 0 Å². The summed E-state index contributed by atoms with van der Waals surface area (Å²) in [6.07, 6.45) is 6.36. The molecule has 8 nitrogen and oxygen atoms in total. The molecule has 0 spiro atoms. The zero-order valence-electron chi connectivity index (χ0n) is 18.9. The largest absolute Gasteiger partial charge is 0.454 e. The number of rotatable bonds is 7. The van der Waals surface area contributed by atoms with E-state index in [9.17, 15) is 14.4 Å². The van der Waals surface area contributed by atoms with Crippen molar-refractivity contribution in [2.45, 2.75) is 70.9 Å². The number of amides is 3. The molecule has 0 aromatic heterocycles. The Morgan fingerprint density at radius 3 is 2.66 bits per heavy atom. The molecule has 2 heterocycles. The molecule has 3 aliphatic rings. The van der Waals surface area contributed by atoms with Gasteiger partial charge in [0.25, 0.3) is 0 Å². The minimum absolute atomic E-state index is 0.00427. The number of fused-ring (bicyclic) bond motifs is 1. The molecule has 1 aromatic carbocycles. The van der Waals surface area contributed by atoms with E-state index in [0.717, 1.165) is 32.1 Å². The summed E-state index contributed by atoms with van der Waals surface area (Å²) in [6.45, 7) is 4.43. The molecule has 1 aromatic rings. The van der Waals surface area contributed by atoms with E-state index in [0.29, 0.717) is 17.2 Å². The lowest BCUT2D eigenvalue weighted by molar-refractivity contribution is -0.132. The van der Waals surface area contributed by atoms with Gasteiger partial charge >= 0.3 is 0 Å². The molecule has 2 aliphatic heterocycles. The number of ether oxygens (including phenoxy) is 2. The maximum Gasteiger partial charge on any atom is 0.243 e. The molecule has 0 unspecified atom stereocenters. The Bertz CT molecular complexity index is 867. The number of carbonyl (C=O) groups excluding carboxylic acids is 3. The van der Waals surface area contributed by atoms with Crippen LogP contribution in [0.5, 0.6) is 11.5 Å². The van der Waals surface area contributed by atoms with E-state index in [4.69, 9.17) is 9.47 Å². The highest BCUT2D eigenvalue weighted by Gasteiger charge is 2.38. The molecule has 0 radical (unpaired) electrons. The summed E-state index contributed by atoms with van der Waals surface area (Å²) in [5, 5.41) is 6.10. The fraction of sp³-hybridized carbons (Fsp3) is 0.625. The van der Waals surface area contributed by atoms with Gasteiger partial charge in [0.1, 0.15) is 6.04 Å². The molecule has 1 saturated heterocycles. The van der Waals surface area contributed by atoms with Crippen LogP contribution in [-0.2, 0) is 14.4 Å². The first-order valence-electron chi connectivity index (χ1n) is 11.8. The zero-order valence-corrected chi connectivity index (χ0v) is 18.9. The van der Waals surface area contributed by atoms with Crippen LogP contribution in [0.25, 0.3) is 0 Å². The van der Waals surface area contributed by atoms with E-state index >= 15 is 0 Å². The third kappa shape index (κ3) is 4.84. The van der Waals surface area contributed by atoms with Crippen molar-refractivity contribution in [1.82, 2.24) is 10.6 Å². The molecule has 0 bridgehead atoms. The first-order chi connectivity index (χ1) is 15.5. The van der Waals surface area contributed by atoms with Crippen molar-refractivity contribution in [3.63, 3.8) is 0 Å². The predicted octanol–water partition coefficient (Wildman–Crippen LogP) is 2.75. The molecule has 8 heteroatoms. The number of anilines is 1. The van der Waals surface area contributed by atoms with Gasteiger partial charge in [-0.25, -0.2) is 0 Å². The Morgan fingerprint density at radius 1 is 1.16 bits per heavy atom. The lowest BCUT2D eigenvalue weighted by Gasteiger charge is -2.29. The van der Waals surface area contributed by atoms with Gasteiger partial charge < -0.3 is 25.0 Å². The van der Waals surface area contributed by atoms with Crippen LogP contribution >= 0.6 is 0 Å². The van der Waals surface area contributed by atoms with Gasteiger partial charge in [-0.2, -0.15) is 0 Å². The van der Waals surface area contributed by atoms with E-state index in [1.807, 2.05) is 13.8 Å². The highest BCUT2D eigenvalue weighted by Crippen LogP contribution is 2.37. The van der Waals surface area contributed by atoms with Crippen LogP contribution < -0.4 is 25.0 Å². The fourth-order valence-electron chi connectivity index (χ4n) is 4.70. The quantitative estimate of drug-likeness (QED) is 0.675. The van der Waals surface area contributed by atoms with Crippen molar-refractivity contribution in [2.24, 2.45) is 11.8 Å². The fourth-order valence-corrected chi connectivity index (χ4v) is 4.70. The smallest absolute Gasteiger partial charge is 0.243 e. The van der Waals surface area contributed by atoms with E-state index in [1.54, 1.807) is 23.1 Å². The van der Waals surface area contributed by atoms with Crippen LogP contribution in [-0.4, -0.2) is 43.1 Å². The maximum atomic E-state index is 13.1. The highest BCUT2D eigenvalue weighted by atomic mass is 16.7. The Labute approximate surface area is 189 Å². The van der Waals surface area contributed by atoms with Crippen LogP contribution in [0.1, 0.15) is 58.8 Å². The number of nitrogens with one attached hydrogen (secondary N) is 2. The van der Waals surface area contributed by atoms with Crippen molar-refractivity contribution in [1.29, 1.82) is 0 Å². The summed E-state index contributed by atoms with van der Waals surface area (Å²) in [5.74, 6) is 0.277. The molecule has 3 amide bonds. The zero-order chi connectivity index (χ0) is 22.7. The van der Waals surface area contributed by atoms with Crippen LogP contribution in [0.4, 0.5) is 5.69 Å². The Morgan fingerprint density at radius 2 is 1.91 bits per heavy atom. The summed E-state index contributed by atoms with van der Waals surface area (Å²) in [6, 6.07) is 4.93. The van der Waals surface area contributed by atoms with Crippen LogP contribution in [0, 0.1) is 11.8 Å². The highest BCUT2D eigenvalue weighted by molar-refractivity contribution is 6.01. The van der Waals surface area contributed by atoms with Crippen LogP contribution in [0.3, 0.4) is 0 Å². The normalized spacial score (nSPS) is 22.5. The van der Waals surface area contributed by atoms with Gasteiger partial charge in [-0.3, -0.25) is 14.4 Å². The second kappa shape index (κ2) is 9.79. The van der Waals surface area contributed by atoms with Gasteiger partial charge in [0.2, 0.25) is 24.5 Å². The third-order valence-electron chi connectivity index (χ3n) is 6.91. The standard InChI is InChI=1S/C24H33N3O5/c1-3-15(2)22(24(30)25-17-7-5-4-6-8-17)26-23(29)16-11-21(28)27(13-16)18-9-10-19-20(12-18)32-14-31-19/h9-10,12,15-17,22H,3-8,11,13-14H2,1-2H3,(H,25,30)(H,26,29)/t15-,16+,22-/m0/s1. The number of carbonyl (C=O) groups is 3. The molecular weight excluding hydrogens is 410 g/mol. The molecular formula is C24H33N3O5. The second-order valence-electron chi connectivity index (χ2n) is 9.16. The predicted molar refractivity (Wildman–Crippen MR) is 119 cm³/mol. The van der Waals surface area contributed by atoms with E-state index in [1.165, 1.54) is 6.42 Å². The van der Waals surface area contributed by atoms with E-state index in [-0.39, 0.29) is 49.4 Å². The van der Waals surface area contributed by atoms with Crippen molar-refractivity contribution in [3.05, 3.63) is 18.2 Å². The van der Waals surface area contributed by atoms with Gasteiger partial charge in [-0.1, -0.05) is 39.5 Å². The van der Waals surface area contributed by atoms with Crippen molar-refractivity contribution < 1.29 is 23.9 Å². The third-order valence-corrected chi connectivity index (χ3v) is 6.91. The van der Waals surface area contributed by atoms with Crippen molar-refractivity contribution in [3.8, 4) is 11.5 Å². The number of benzene rings is 1. The van der Waals surface area contributed by atoms with Gasteiger partial charge in [-0.05, 0) is 30.9 Å². The maximum absolute atomic E-state index is 13.1. The summed E-state index contributed by atoms with van der Waals surface area (Å²) in [7, 11) is 0. The van der Waals surface area contributed by atoms with Gasteiger partial charge in [0.05, 0.1) is 5.92 Å². The summed E-state index contributed by atoms with van der Waals surface area (Å²) in [5.41, 5.74) is 0.683. The number of nitrogens with zero attached hydrogens (tertiary/aromatic N) is 1. The lowest BCUT2D eigenvalue weighted by Crippen LogP contribution is -2.54. The number of hydrogen-bond donors (Lipinski definition) is 2. The van der Waals surface area contributed by atoms with E-state index < -0.39 is 12.0 Å². The molecule has 1 saturated carbocycles. The van der Waals surface area contributed by atoms with Gasteiger partial charge in [0, 0.05) is 30.8 Å². The topological polar surface area (TPSA) is 97.0 Å². The average molecular weight is 444 g/mol. The monoisotopic (exact) mass is 443 g/mol. The van der Waals surface area contributed by atoms with Crippen LogP contribution in [0.2, 0.25) is 0 Å². The number of hydrogen-bond acceptors (Lipinski definition) is 5. The second-order valence-corrected chi connectivity index (χ2v) is 9.16. The summed E-state index contributed by atoms with van der Waals surface area (Å²) >= 11 is 0. The van der Waals surface area contributed by atoms with Crippen LogP contribution in [0.15, 0.2) is 18.2 Å². The Balaban J connectivity index is 1.39. The van der Waals surface area contributed by atoms with Crippen molar-refractivity contribution in [2.75, 3.05) is 18.2 Å². The van der Waals surface area contributed by atoms with Crippen molar-refractivity contribution >= 4 is 23.4 Å². The molecule has 2 fully saturated rings. The molecule has 174 valence electrons. The first kappa shape index (κ1) is 22.4. The van der Waals surface area contributed by atoms with Gasteiger partial charge in [0.15, 0.2) is 11.5 Å².